The van der Waals surface area contributed by atoms with Crippen molar-refractivity contribution in [2.75, 3.05) is 63.5 Å². The van der Waals surface area contributed by atoms with Crippen LogP contribution in [0, 0.1) is 0 Å². The minimum atomic E-state index is 0.142. The quantitative estimate of drug-likeness (QED) is 0.671. The van der Waals surface area contributed by atoms with E-state index in [0.29, 0.717) is 17.8 Å². The van der Waals surface area contributed by atoms with Crippen molar-refractivity contribution in [3.63, 3.8) is 0 Å². The summed E-state index contributed by atoms with van der Waals surface area (Å²) in [5.41, 5.74) is 8.47. The van der Waals surface area contributed by atoms with E-state index in [4.69, 9.17) is 5.73 Å². The van der Waals surface area contributed by atoms with Crippen LogP contribution in [0.2, 0.25) is 0 Å². The van der Waals surface area contributed by atoms with Crippen LogP contribution in [0.1, 0.15) is 23.2 Å². The van der Waals surface area contributed by atoms with E-state index < -0.39 is 0 Å². The summed E-state index contributed by atoms with van der Waals surface area (Å²) in [5.74, 6) is 0.142. The van der Waals surface area contributed by atoms with Crippen LogP contribution in [-0.2, 0) is 0 Å². The van der Waals surface area contributed by atoms with E-state index in [1.807, 2.05) is 18.2 Å². The Hall–Kier alpha value is -1.59. The summed E-state index contributed by atoms with van der Waals surface area (Å²) in [7, 11) is 2.12. The van der Waals surface area contributed by atoms with Crippen molar-refractivity contribution < 1.29 is 4.79 Å². The lowest BCUT2D eigenvalue weighted by atomic mass is 10.1. The molecule has 0 saturated carbocycles. The molecule has 0 atom stereocenters. The second-order valence-electron chi connectivity index (χ2n) is 6.47. The Labute approximate surface area is 132 Å². The maximum atomic E-state index is 12.6. The summed E-state index contributed by atoms with van der Waals surface area (Å²) in [4.78, 5) is 19.5. The van der Waals surface area contributed by atoms with Crippen LogP contribution in [0.3, 0.4) is 0 Å². The third kappa shape index (κ3) is 3.42. The topological polar surface area (TPSA) is 52.8 Å². The van der Waals surface area contributed by atoms with Crippen molar-refractivity contribution in [1.82, 2.24) is 9.80 Å². The number of hydrogen-bond donors (Lipinski definition) is 1. The lowest BCUT2D eigenvalue weighted by Crippen LogP contribution is -2.46. The summed E-state index contributed by atoms with van der Waals surface area (Å²) in [5, 5.41) is 0. The van der Waals surface area contributed by atoms with Gasteiger partial charge in [-0.05, 0) is 38.1 Å². The summed E-state index contributed by atoms with van der Waals surface area (Å²) >= 11 is 0. The van der Waals surface area contributed by atoms with Gasteiger partial charge in [-0.3, -0.25) is 9.69 Å². The molecule has 2 fully saturated rings. The van der Waals surface area contributed by atoms with Gasteiger partial charge in [-0.25, -0.2) is 0 Å². The molecule has 1 aromatic carbocycles. The zero-order chi connectivity index (χ0) is 15.5. The molecule has 0 bridgehead atoms. The molecular formula is C17H26N4O. The third-order valence-electron chi connectivity index (χ3n) is 4.77. The molecule has 0 aliphatic carbocycles. The van der Waals surface area contributed by atoms with Gasteiger partial charge >= 0.3 is 0 Å². The summed E-state index contributed by atoms with van der Waals surface area (Å²) in [6.45, 7) is 6.59. The number of Topliss-reactive ketones (excluding diaryl/α,β-unsaturated/α-hetero) is 1. The number of rotatable bonds is 4. The molecule has 2 aliphatic rings. The fourth-order valence-corrected chi connectivity index (χ4v) is 3.25. The minimum absolute atomic E-state index is 0.142. The highest BCUT2D eigenvalue weighted by atomic mass is 16.1. The van der Waals surface area contributed by atoms with Crippen LogP contribution in [0.25, 0.3) is 0 Å². The highest BCUT2D eigenvalue weighted by molar-refractivity contribution is 6.03. The predicted molar refractivity (Wildman–Crippen MR) is 90.6 cm³/mol. The fourth-order valence-electron chi connectivity index (χ4n) is 3.25. The van der Waals surface area contributed by atoms with E-state index in [1.165, 1.54) is 12.8 Å². The van der Waals surface area contributed by atoms with Gasteiger partial charge in [-0.1, -0.05) is 0 Å². The monoisotopic (exact) mass is 302 g/mol. The van der Waals surface area contributed by atoms with E-state index in [9.17, 15) is 4.79 Å². The van der Waals surface area contributed by atoms with Gasteiger partial charge < -0.3 is 15.5 Å². The maximum Gasteiger partial charge on any atom is 0.178 e. The minimum Gasteiger partial charge on any atom is -0.398 e. The second kappa shape index (κ2) is 6.67. The smallest absolute Gasteiger partial charge is 0.178 e. The number of piperazine rings is 1. The number of nitrogens with two attached hydrogens (primary N) is 1. The van der Waals surface area contributed by atoms with Crippen molar-refractivity contribution in [3.05, 3.63) is 23.8 Å². The fraction of sp³-hybridized carbons (Fsp3) is 0.588. The van der Waals surface area contributed by atoms with Crippen LogP contribution in [0.5, 0.6) is 0 Å². The predicted octanol–water partition coefficient (Wildman–Crippen LogP) is 1.30. The SMILES string of the molecule is CN1CCN(CC(=O)c2cc(N3CCCC3)ccc2N)CC1. The van der Waals surface area contributed by atoms with Crippen LogP contribution < -0.4 is 10.6 Å². The van der Waals surface area contributed by atoms with E-state index in [0.717, 1.165) is 45.0 Å². The van der Waals surface area contributed by atoms with E-state index >= 15 is 0 Å². The number of ketones is 1. The largest absolute Gasteiger partial charge is 0.398 e. The molecule has 0 amide bonds. The molecule has 2 saturated heterocycles. The molecule has 120 valence electrons. The van der Waals surface area contributed by atoms with Gasteiger partial charge in [0.1, 0.15) is 0 Å². The average molecular weight is 302 g/mol. The highest BCUT2D eigenvalue weighted by Gasteiger charge is 2.20. The van der Waals surface area contributed by atoms with Crippen molar-refractivity contribution >= 4 is 17.2 Å². The van der Waals surface area contributed by atoms with Crippen LogP contribution >= 0.6 is 0 Å². The Morgan fingerprint density at radius 3 is 2.45 bits per heavy atom. The number of benzene rings is 1. The average Bonchev–Trinajstić information content (AvgIpc) is 3.04. The van der Waals surface area contributed by atoms with Gasteiger partial charge in [0, 0.05) is 56.2 Å². The molecule has 2 N–H and O–H groups in total. The van der Waals surface area contributed by atoms with E-state index in [-0.39, 0.29) is 5.78 Å². The van der Waals surface area contributed by atoms with E-state index in [1.54, 1.807) is 0 Å². The first kappa shape index (κ1) is 15.3. The van der Waals surface area contributed by atoms with Gasteiger partial charge in [0.15, 0.2) is 5.78 Å². The molecule has 0 aromatic heterocycles. The second-order valence-corrected chi connectivity index (χ2v) is 6.47. The van der Waals surface area contributed by atoms with Crippen LogP contribution in [0.15, 0.2) is 18.2 Å². The molecule has 5 heteroatoms. The number of nitrogens with zero attached hydrogens (tertiary/aromatic N) is 3. The van der Waals surface area contributed by atoms with Gasteiger partial charge in [0.05, 0.1) is 6.54 Å². The van der Waals surface area contributed by atoms with Crippen LogP contribution in [-0.4, -0.2) is 68.4 Å². The number of anilines is 2. The van der Waals surface area contributed by atoms with Gasteiger partial charge in [-0.2, -0.15) is 0 Å². The molecule has 1 aromatic rings. The summed E-state index contributed by atoms with van der Waals surface area (Å²) in [6.07, 6.45) is 2.46. The summed E-state index contributed by atoms with van der Waals surface area (Å²) < 4.78 is 0. The molecule has 22 heavy (non-hydrogen) atoms. The molecule has 2 aliphatic heterocycles. The number of nitrogen functional groups attached to an aromatic ring is 1. The highest BCUT2D eigenvalue weighted by Crippen LogP contribution is 2.25. The number of likely N-dealkylation sites (N-methyl/N-ethyl adjacent to an activating group) is 1. The lowest BCUT2D eigenvalue weighted by Gasteiger charge is -2.31. The van der Waals surface area contributed by atoms with Crippen LogP contribution in [0.4, 0.5) is 11.4 Å². The van der Waals surface area contributed by atoms with Crippen molar-refractivity contribution in [3.8, 4) is 0 Å². The molecule has 0 spiro atoms. The number of carbonyl (C=O) groups excluding carboxylic acids is 1. The number of hydrogen-bond acceptors (Lipinski definition) is 5. The maximum absolute atomic E-state index is 12.6. The van der Waals surface area contributed by atoms with Gasteiger partial charge in [0.2, 0.25) is 0 Å². The Morgan fingerprint density at radius 1 is 1.09 bits per heavy atom. The Kier molecular flexibility index (Phi) is 4.64. The van der Waals surface area contributed by atoms with Gasteiger partial charge in [-0.15, -0.1) is 0 Å². The Morgan fingerprint density at radius 2 is 1.77 bits per heavy atom. The normalized spacial score (nSPS) is 20.5. The third-order valence-corrected chi connectivity index (χ3v) is 4.77. The van der Waals surface area contributed by atoms with Crippen molar-refractivity contribution in [2.24, 2.45) is 0 Å². The first-order chi connectivity index (χ1) is 10.6. The lowest BCUT2D eigenvalue weighted by molar-refractivity contribution is 0.0877. The molecule has 2 heterocycles. The Bertz CT molecular complexity index is 531. The molecule has 0 radical (unpaired) electrons. The van der Waals surface area contributed by atoms with Crippen molar-refractivity contribution in [2.45, 2.75) is 12.8 Å². The first-order valence-electron chi connectivity index (χ1n) is 8.22. The van der Waals surface area contributed by atoms with Gasteiger partial charge in [0.25, 0.3) is 0 Å². The zero-order valence-corrected chi connectivity index (χ0v) is 13.4. The summed E-state index contributed by atoms with van der Waals surface area (Å²) in [6, 6.07) is 5.90. The number of carbonyl (C=O) groups is 1. The zero-order valence-electron chi connectivity index (χ0n) is 13.4. The molecule has 3 rings (SSSR count). The Balaban J connectivity index is 1.69. The standard InChI is InChI=1S/C17H26N4O/c1-19-8-10-20(11-9-19)13-17(22)15-12-14(4-5-16(15)18)21-6-2-3-7-21/h4-5,12H,2-3,6-11,13,18H2,1H3. The molecular weight excluding hydrogens is 276 g/mol. The molecule has 0 unspecified atom stereocenters. The van der Waals surface area contributed by atoms with E-state index in [2.05, 4.69) is 21.7 Å². The molecule has 5 nitrogen and oxygen atoms in total. The first-order valence-corrected chi connectivity index (χ1v) is 8.22. The van der Waals surface area contributed by atoms with Crippen molar-refractivity contribution in [1.29, 1.82) is 0 Å².